The molecule has 0 saturated carbocycles. The van der Waals surface area contributed by atoms with Crippen LogP contribution in [0.2, 0.25) is 0 Å². The highest BCUT2D eigenvalue weighted by molar-refractivity contribution is 4.91. The van der Waals surface area contributed by atoms with Gasteiger partial charge >= 0.3 is 0 Å². The summed E-state index contributed by atoms with van der Waals surface area (Å²) in [4.78, 5) is 6.65. The Balaban J connectivity index is 1.95. The summed E-state index contributed by atoms with van der Waals surface area (Å²) in [6.45, 7) is 4.15. The third-order valence-electron chi connectivity index (χ3n) is 2.94. The fraction of sp³-hybridized carbons (Fsp3) is 0.727. The molecule has 0 bridgehead atoms. The number of rotatable bonds is 3. The van der Waals surface area contributed by atoms with Gasteiger partial charge in [0.25, 0.3) is 0 Å². The van der Waals surface area contributed by atoms with Gasteiger partial charge in [-0.05, 0) is 0 Å². The summed E-state index contributed by atoms with van der Waals surface area (Å²) in [5.74, 6) is 1.08. The molecule has 1 atom stereocenters. The average molecular weight is 225 g/mol. The summed E-state index contributed by atoms with van der Waals surface area (Å²) < 4.78 is 12.9. The number of hydrogen-bond acceptors (Lipinski definition) is 4. The Labute approximate surface area is 96.0 Å². The van der Waals surface area contributed by atoms with E-state index in [1.165, 1.54) is 0 Å². The third kappa shape index (κ3) is 2.81. The van der Waals surface area contributed by atoms with E-state index in [1.54, 1.807) is 7.11 Å². The highest BCUT2D eigenvalue weighted by atomic mass is 16.5. The van der Waals surface area contributed by atoms with Gasteiger partial charge in [0.15, 0.2) is 0 Å². The largest absolute Gasteiger partial charge is 0.378 e. The topological polar surface area (TPSA) is 39.5 Å². The quantitative estimate of drug-likeness (QED) is 0.740. The van der Waals surface area contributed by atoms with Crippen LogP contribution in [0.15, 0.2) is 12.4 Å². The Kier molecular flexibility index (Phi) is 3.93. The van der Waals surface area contributed by atoms with Crippen molar-refractivity contribution in [3.05, 3.63) is 18.2 Å². The molecule has 90 valence electrons. The Hall–Kier alpha value is -0.910. The minimum Gasteiger partial charge on any atom is -0.378 e. The van der Waals surface area contributed by atoms with Crippen molar-refractivity contribution < 1.29 is 9.47 Å². The molecule has 1 aromatic rings. The van der Waals surface area contributed by atoms with Crippen LogP contribution in [0.25, 0.3) is 0 Å². The van der Waals surface area contributed by atoms with E-state index in [2.05, 4.69) is 9.88 Å². The normalized spacial score (nSPS) is 23.2. The second-order valence-corrected chi connectivity index (χ2v) is 4.12. The second kappa shape index (κ2) is 5.43. The number of ether oxygens (including phenoxy) is 2. The maximum atomic E-state index is 5.48. The minimum absolute atomic E-state index is 0.169. The lowest BCUT2D eigenvalue weighted by Crippen LogP contribution is -2.34. The van der Waals surface area contributed by atoms with Gasteiger partial charge in [0.2, 0.25) is 0 Å². The van der Waals surface area contributed by atoms with Gasteiger partial charge in [-0.3, -0.25) is 4.90 Å². The highest BCUT2D eigenvalue weighted by Crippen LogP contribution is 2.07. The Bertz CT molecular complexity index is 327. The van der Waals surface area contributed by atoms with Crippen molar-refractivity contribution >= 4 is 0 Å². The molecule has 0 amide bonds. The number of methoxy groups -OCH3 is 1. The molecular weight excluding hydrogens is 206 g/mol. The predicted octanol–water partition coefficient (Wildman–Crippen LogP) is 0.267. The average Bonchev–Trinajstić information content (AvgIpc) is 2.55. The van der Waals surface area contributed by atoms with Crippen LogP contribution in [0.4, 0.5) is 0 Å². The highest BCUT2D eigenvalue weighted by Gasteiger charge is 2.19. The van der Waals surface area contributed by atoms with Crippen LogP contribution in [0, 0.1) is 0 Å². The number of hydrogen-bond donors (Lipinski definition) is 0. The number of aryl methyl sites for hydroxylation is 1. The van der Waals surface area contributed by atoms with E-state index in [9.17, 15) is 0 Å². The first-order chi connectivity index (χ1) is 7.79. The lowest BCUT2D eigenvalue weighted by molar-refractivity contribution is 0.0224. The minimum atomic E-state index is 0.169. The van der Waals surface area contributed by atoms with Crippen LogP contribution in [0.3, 0.4) is 0 Å². The maximum Gasteiger partial charge on any atom is 0.122 e. The van der Waals surface area contributed by atoms with E-state index < -0.39 is 0 Å². The van der Waals surface area contributed by atoms with E-state index in [4.69, 9.17) is 9.47 Å². The van der Waals surface area contributed by atoms with E-state index in [0.29, 0.717) is 6.61 Å². The molecule has 1 aliphatic heterocycles. The van der Waals surface area contributed by atoms with E-state index >= 15 is 0 Å². The molecule has 0 aliphatic carbocycles. The molecule has 16 heavy (non-hydrogen) atoms. The first-order valence-corrected chi connectivity index (χ1v) is 5.58. The predicted molar refractivity (Wildman–Crippen MR) is 60.1 cm³/mol. The SMILES string of the molecule is CO[C@H]1COCCN(Cc2nccn2C)C1. The number of imidazole rings is 1. The molecule has 0 N–H and O–H groups in total. The van der Waals surface area contributed by atoms with Gasteiger partial charge in [-0.25, -0.2) is 4.98 Å². The van der Waals surface area contributed by atoms with Crippen LogP contribution in [0.5, 0.6) is 0 Å². The zero-order valence-corrected chi connectivity index (χ0v) is 9.93. The number of aromatic nitrogens is 2. The van der Waals surface area contributed by atoms with Gasteiger partial charge in [0.1, 0.15) is 5.82 Å². The molecular formula is C11H19N3O2. The van der Waals surface area contributed by atoms with Gasteiger partial charge < -0.3 is 14.0 Å². The zero-order chi connectivity index (χ0) is 11.4. The van der Waals surface area contributed by atoms with Crippen LogP contribution < -0.4 is 0 Å². The van der Waals surface area contributed by atoms with E-state index in [1.807, 2.05) is 24.0 Å². The molecule has 0 spiro atoms. The first kappa shape index (κ1) is 11.6. The van der Waals surface area contributed by atoms with Crippen LogP contribution in [-0.4, -0.2) is 54.0 Å². The molecule has 0 aromatic carbocycles. The molecule has 1 fully saturated rings. The smallest absolute Gasteiger partial charge is 0.122 e. The Morgan fingerprint density at radius 3 is 3.19 bits per heavy atom. The monoisotopic (exact) mass is 225 g/mol. The molecule has 0 unspecified atom stereocenters. The molecule has 2 heterocycles. The van der Waals surface area contributed by atoms with Gasteiger partial charge in [0.05, 0.1) is 25.9 Å². The van der Waals surface area contributed by atoms with Crippen molar-refractivity contribution in [2.75, 3.05) is 33.4 Å². The van der Waals surface area contributed by atoms with Crippen molar-refractivity contribution in [3.63, 3.8) is 0 Å². The first-order valence-electron chi connectivity index (χ1n) is 5.58. The number of nitrogens with zero attached hydrogens (tertiary/aromatic N) is 3. The Morgan fingerprint density at radius 1 is 1.62 bits per heavy atom. The van der Waals surface area contributed by atoms with Crippen molar-refractivity contribution in [2.24, 2.45) is 7.05 Å². The third-order valence-corrected chi connectivity index (χ3v) is 2.94. The van der Waals surface area contributed by atoms with Crippen molar-refractivity contribution in [1.82, 2.24) is 14.5 Å². The summed E-state index contributed by atoms with van der Waals surface area (Å²) in [5.41, 5.74) is 0. The molecule has 5 heteroatoms. The lowest BCUT2D eigenvalue weighted by atomic mass is 10.3. The van der Waals surface area contributed by atoms with E-state index in [0.717, 1.165) is 32.1 Å². The standard InChI is InChI=1S/C11H19N3O2/c1-13-4-3-12-11(13)8-14-5-6-16-9-10(7-14)15-2/h3-4,10H,5-9H2,1-2H3/t10-/m1/s1. The van der Waals surface area contributed by atoms with Gasteiger partial charge in [-0.15, -0.1) is 0 Å². The molecule has 2 rings (SSSR count). The van der Waals surface area contributed by atoms with Crippen LogP contribution in [0.1, 0.15) is 5.82 Å². The van der Waals surface area contributed by atoms with Gasteiger partial charge in [-0.1, -0.05) is 0 Å². The van der Waals surface area contributed by atoms with Crippen molar-refractivity contribution in [3.8, 4) is 0 Å². The lowest BCUT2D eigenvalue weighted by Gasteiger charge is -2.21. The summed E-state index contributed by atoms with van der Waals surface area (Å²) in [5, 5.41) is 0. The van der Waals surface area contributed by atoms with Crippen LogP contribution >= 0.6 is 0 Å². The molecule has 0 radical (unpaired) electrons. The van der Waals surface area contributed by atoms with Crippen LogP contribution in [-0.2, 0) is 23.1 Å². The summed E-state index contributed by atoms with van der Waals surface area (Å²) in [7, 11) is 3.75. The zero-order valence-electron chi connectivity index (χ0n) is 9.93. The van der Waals surface area contributed by atoms with Gasteiger partial charge in [0, 0.05) is 39.6 Å². The fourth-order valence-corrected chi connectivity index (χ4v) is 1.88. The molecule has 5 nitrogen and oxygen atoms in total. The van der Waals surface area contributed by atoms with Gasteiger partial charge in [-0.2, -0.15) is 0 Å². The summed E-state index contributed by atoms with van der Waals surface area (Å²) >= 11 is 0. The van der Waals surface area contributed by atoms with E-state index in [-0.39, 0.29) is 6.10 Å². The summed E-state index contributed by atoms with van der Waals surface area (Å²) in [6, 6.07) is 0. The summed E-state index contributed by atoms with van der Waals surface area (Å²) in [6.07, 6.45) is 3.97. The molecule has 1 aliphatic rings. The van der Waals surface area contributed by atoms with Crippen molar-refractivity contribution in [2.45, 2.75) is 12.6 Å². The second-order valence-electron chi connectivity index (χ2n) is 4.12. The maximum absolute atomic E-state index is 5.48. The Morgan fingerprint density at radius 2 is 2.50 bits per heavy atom. The van der Waals surface area contributed by atoms with Crippen molar-refractivity contribution in [1.29, 1.82) is 0 Å². The molecule has 1 aromatic heterocycles. The molecule has 1 saturated heterocycles. The fourth-order valence-electron chi connectivity index (χ4n) is 1.88.